The van der Waals surface area contributed by atoms with Gasteiger partial charge in [-0.25, -0.2) is 25.3 Å². The fourth-order valence-corrected chi connectivity index (χ4v) is 11.9. The molecule has 2 aliphatic heterocycles. The minimum Gasteiger partial charge on any atom is -0.748 e. The number of aliphatic carboxylic acids is 1. The summed E-state index contributed by atoms with van der Waals surface area (Å²) in [5.41, 5.74) is 2.68. The molecule has 2 unspecified atom stereocenters. The molecular formula is C52H64N2O16S3-2. The molecule has 1 N–H and O–H groups in total. The predicted molar refractivity (Wildman–Crippen MR) is 273 cm³/mol. The summed E-state index contributed by atoms with van der Waals surface area (Å²) < 4.78 is 141. The van der Waals surface area contributed by atoms with Gasteiger partial charge in [0, 0.05) is 74.1 Å². The molecule has 4 aromatic rings. The average Bonchev–Trinajstić information content (AvgIpc) is 3.71. The number of carboxylic acid groups (broad SMARTS) is 1. The molecule has 0 amide bonds. The highest BCUT2D eigenvalue weighted by Gasteiger charge is 2.49. The maximum Gasteiger partial charge on any atom is 0.303 e. The molecule has 0 aromatic heterocycles. The molecule has 18 nitrogen and oxygen atoms in total. The lowest BCUT2D eigenvalue weighted by Crippen LogP contribution is -2.32. The van der Waals surface area contributed by atoms with Crippen LogP contribution in [0.4, 0.5) is 11.4 Å². The maximum atomic E-state index is 12.8. The number of carboxylic acids is 1. The number of hydrogen-bond acceptors (Lipinski definition) is 16. The first-order valence-electron chi connectivity index (χ1n) is 24.1. The lowest BCUT2D eigenvalue weighted by atomic mass is 9.74. The van der Waals surface area contributed by atoms with E-state index >= 15 is 0 Å². The zero-order valence-electron chi connectivity index (χ0n) is 41.6. The molecule has 398 valence electrons. The van der Waals surface area contributed by atoms with Gasteiger partial charge in [0.15, 0.2) is 12.3 Å². The zero-order valence-corrected chi connectivity index (χ0v) is 44.0. The van der Waals surface area contributed by atoms with Crippen LogP contribution in [0.15, 0.2) is 107 Å². The van der Waals surface area contributed by atoms with Crippen molar-refractivity contribution in [1.29, 1.82) is 0 Å². The highest BCUT2D eigenvalue weighted by Crippen LogP contribution is 2.54. The second-order valence-electron chi connectivity index (χ2n) is 18.4. The average molecular weight is 1070 g/mol. The number of rotatable bonds is 30. The van der Waals surface area contributed by atoms with E-state index in [9.17, 15) is 48.8 Å². The number of carbonyl (C=O) groups is 1. The predicted octanol–water partition coefficient (Wildman–Crippen LogP) is 6.63. The Hall–Kier alpha value is -4.91. The monoisotopic (exact) mass is 1070 g/mol. The van der Waals surface area contributed by atoms with Crippen molar-refractivity contribution in [2.45, 2.75) is 79.4 Å². The Morgan fingerprint density at radius 1 is 0.685 bits per heavy atom. The van der Waals surface area contributed by atoms with Crippen LogP contribution in [0.3, 0.4) is 0 Å². The van der Waals surface area contributed by atoms with Gasteiger partial charge in [0.1, 0.15) is 26.8 Å². The normalized spacial score (nSPS) is 18.9. The second-order valence-corrected chi connectivity index (χ2v) is 22.6. The van der Waals surface area contributed by atoms with Crippen molar-refractivity contribution in [3.8, 4) is 0 Å². The standard InChI is InChI=1S/C52H66N2O16S3/c1-51(23-13-35-71(57,58)59)46(54(26-28-66-3)43-21-19-38-14-10-11-15-40(38)49(43)51)16-7-5-8-17-47-52(2,24-27-68-31-32-70-34-33-69-30-29-67-4)50-42-36-39(72(60,61)62)37-45(73(63,64)65)41(42)20-22-44(50)53(47)25-12-6-9-18-48(55)56/h5,7-8,10-11,14-17,19-22,36-37H,6,9,12-13,18,23-35H2,1-4H3,(H3-,55,56,57,58,59,60,61,62,63,64,65)/p-2. The third kappa shape index (κ3) is 14.1. The first kappa shape index (κ1) is 57.4. The number of anilines is 1. The molecule has 0 aliphatic carbocycles. The Morgan fingerprint density at radius 3 is 2.03 bits per heavy atom. The van der Waals surface area contributed by atoms with Crippen molar-refractivity contribution in [2.75, 3.05) is 90.8 Å². The summed E-state index contributed by atoms with van der Waals surface area (Å²) in [4.78, 5) is 11.7. The van der Waals surface area contributed by atoms with Gasteiger partial charge in [-0.15, -0.1) is 0 Å². The summed E-state index contributed by atoms with van der Waals surface area (Å²) in [6.07, 6.45) is 11.5. The number of methoxy groups -OCH3 is 2. The number of fused-ring (bicyclic) bond motifs is 6. The van der Waals surface area contributed by atoms with Crippen LogP contribution in [0.1, 0.15) is 69.9 Å². The highest BCUT2D eigenvalue weighted by molar-refractivity contribution is 7.86. The van der Waals surface area contributed by atoms with Gasteiger partial charge in [-0.05, 0) is 103 Å². The van der Waals surface area contributed by atoms with Gasteiger partial charge in [0.2, 0.25) is 5.69 Å². The van der Waals surface area contributed by atoms with Crippen LogP contribution < -0.4 is 4.90 Å². The number of allylic oxidation sites excluding steroid dienone is 6. The van der Waals surface area contributed by atoms with Gasteiger partial charge in [0.05, 0.1) is 65.0 Å². The van der Waals surface area contributed by atoms with E-state index in [2.05, 4.69) is 4.58 Å². The van der Waals surface area contributed by atoms with Crippen molar-refractivity contribution in [2.24, 2.45) is 0 Å². The lowest BCUT2D eigenvalue weighted by Gasteiger charge is -2.31. The largest absolute Gasteiger partial charge is 0.748 e. The number of ether oxygens (including phenoxy) is 5. The molecular weight excluding hydrogens is 1000 g/mol. The Bertz CT molecular complexity index is 3100. The van der Waals surface area contributed by atoms with E-state index in [-0.39, 0.29) is 49.9 Å². The minimum atomic E-state index is -5.30. The summed E-state index contributed by atoms with van der Waals surface area (Å²) in [7, 11) is -11.9. The lowest BCUT2D eigenvalue weighted by molar-refractivity contribution is -0.441. The van der Waals surface area contributed by atoms with Crippen molar-refractivity contribution in [3.63, 3.8) is 0 Å². The molecule has 21 heteroatoms. The molecule has 2 atom stereocenters. The Morgan fingerprint density at radius 2 is 1.37 bits per heavy atom. The quantitative estimate of drug-likeness (QED) is 0.0248. The third-order valence-corrected chi connectivity index (χ3v) is 15.9. The van der Waals surface area contributed by atoms with Gasteiger partial charge in [-0.3, -0.25) is 4.79 Å². The van der Waals surface area contributed by atoms with E-state index in [1.165, 1.54) is 6.07 Å². The number of nitrogens with zero attached hydrogens (tertiary/aromatic N) is 2. The molecule has 0 fully saturated rings. The van der Waals surface area contributed by atoms with Gasteiger partial charge in [-0.2, -0.15) is 4.58 Å². The summed E-state index contributed by atoms with van der Waals surface area (Å²) in [6.45, 7) is 7.30. The van der Waals surface area contributed by atoms with Crippen LogP contribution in [0, 0.1) is 0 Å². The Kier molecular flexibility index (Phi) is 19.7. The van der Waals surface area contributed by atoms with Crippen LogP contribution in [-0.4, -0.2) is 146 Å². The summed E-state index contributed by atoms with van der Waals surface area (Å²) in [5, 5.41) is 11.4. The maximum absolute atomic E-state index is 12.8. The fourth-order valence-electron chi connectivity index (χ4n) is 10.1. The molecule has 73 heavy (non-hydrogen) atoms. The van der Waals surface area contributed by atoms with E-state index in [1.54, 1.807) is 20.3 Å². The van der Waals surface area contributed by atoms with E-state index < -0.39 is 62.7 Å². The zero-order chi connectivity index (χ0) is 53.0. The SMILES string of the molecule is COCCOCCOCCOCCC1(C)\C(=C/C=C/C=C/C2=[N+](CCOC)c3ccc4ccccc4c3C2(C)CCCS(=O)(=O)[O-])N(CCCCCC(=O)O)c2ccc3c(S(=O)(=O)[O-])cc(S(=O)(=O)[O-])cc3c21. The molecule has 0 spiro atoms. The minimum absolute atomic E-state index is 0.0303. The van der Waals surface area contributed by atoms with E-state index in [0.717, 1.165) is 33.8 Å². The molecule has 2 aliphatic rings. The van der Waals surface area contributed by atoms with Gasteiger partial charge in [0.25, 0.3) is 0 Å². The molecule has 2 heterocycles. The van der Waals surface area contributed by atoms with Crippen LogP contribution >= 0.6 is 0 Å². The Labute approximate surface area is 428 Å². The molecule has 6 rings (SSSR count). The number of benzene rings is 4. The van der Waals surface area contributed by atoms with Crippen LogP contribution in [0.2, 0.25) is 0 Å². The fraction of sp³-hybridized carbons (Fsp3) is 0.462. The number of unbranched alkanes of at least 4 members (excludes halogenated alkanes) is 2. The van der Waals surface area contributed by atoms with Gasteiger partial charge >= 0.3 is 5.97 Å². The molecule has 0 bridgehead atoms. The first-order valence-corrected chi connectivity index (χ1v) is 28.4. The summed E-state index contributed by atoms with van der Waals surface area (Å²) >= 11 is 0. The van der Waals surface area contributed by atoms with Crippen molar-refractivity contribution in [3.05, 3.63) is 108 Å². The van der Waals surface area contributed by atoms with Crippen LogP contribution in [0.5, 0.6) is 0 Å². The molecule has 0 saturated carbocycles. The molecule has 4 aromatic carbocycles. The smallest absolute Gasteiger partial charge is 0.303 e. The van der Waals surface area contributed by atoms with Crippen molar-refractivity contribution < 1.29 is 77.1 Å². The van der Waals surface area contributed by atoms with E-state index in [0.29, 0.717) is 94.8 Å². The summed E-state index contributed by atoms with van der Waals surface area (Å²) in [6, 6.07) is 16.8. The molecule has 0 saturated heterocycles. The third-order valence-electron chi connectivity index (χ3n) is 13.4. The van der Waals surface area contributed by atoms with E-state index in [1.807, 2.05) is 85.5 Å². The van der Waals surface area contributed by atoms with Gasteiger partial charge < -0.3 is 47.3 Å². The molecule has 0 radical (unpaired) electrons. The first-order chi connectivity index (χ1) is 34.7. The van der Waals surface area contributed by atoms with Crippen LogP contribution in [0.25, 0.3) is 21.5 Å². The topological polar surface area (TPSA) is 261 Å². The Balaban J connectivity index is 1.44. The second kappa shape index (κ2) is 25.1. The van der Waals surface area contributed by atoms with E-state index in [4.69, 9.17) is 23.7 Å². The van der Waals surface area contributed by atoms with Crippen LogP contribution in [-0.2, 0) is 69.7 Å². The highest BCUT2D eigenvalue weighted by atomic mass is 32.2. The summed E-state index contributed by atoms with van der Waals surface area (Å²) in [5.74, 6) is -1.45. The van der Waals surface area contributed by atoms with Crippen molar-refractivity contribution in [1.82, 2.24) is 0 Å². The van der Waals surface area contributed by atoms with Gasteiger partial charge in [-0.1, -0.05) is 55.0 Å². The van der Waals surface area contributed by atoms with Crippen molar-refractivity contribution >= 4 is 75.0 Å². The number of hydrogen-bond donors (Lipinski definition) is 1.